The summed E-state index contributed by atoms with van der Waals surface area (Å²) in [5.41, 5.74) is 5.26. The minimum absolute atomic E-state index is 0.155. The molecule has 1 aliphatic carbocycles. The number of halogens is 1. The highest BCUT2D eigenvalue weighted by atomic mass is 35.5. The fourth-order valence-electron chi connectivity index (χ4n) is 4.94. The van der Waals surface area contributed by atoms with E-state index in [9.17, 15) is 9.59 Å². The zero-order valence-corrected chi connectivity index (χ0v) is 19.9. The third-order valence-electron chi connectivity index (χ3n) is 6.78. The largest absolute Gasteiger partial charge is 0.489 e. The van der Waals surface area contributed by atoms with Gasteiger partial charge in [-0.05, 0) is 71.5 Å². The number of ether oxygens (including phenoxy) is 1. The molecule has 5 nitrogen and oxygen atoms in total. The molecule has 0 atom stereocenters. The van der Waals surface area contributed by atoms with Crippen LogP contribution in [-0.4, -0.2) is 29.8 Å². The highest BCUT2D eigenvalue weighted by Crippen LogP contribution is 2.33. The number of hydrogen-bond donors (Lipinski definition) is 1. The van der Waals surface area contributed by atoms with Crippen molar-refractivity contribution in [1.29, 1.82) is 0 Å². The molecule has 0 aromatic heterocycles. The first-order chi connectivity index (χ1) is 16.5. The predicted octanol–water partition coefficient (Wildman–Crippen LogP) is 5.84. The van der Waals surface area contributed by atoms with Crippen molar-refractivity contribution in [2.45, 2.75) is 44.9 Å². The van der Waals surface area contributed by atoms with Gasteiger partial charge in [0.2, 0.25) is 0 Å². The Morgan fingerprint density at radius 1 is 1.06 bits per heavy atom. The fourth-order valence-corrected chi connectivity index (χ4v) is 5.21. The number of hydrogen-bond acceptors (Lipinski definition) is 3. The van der Waals surface area contributed by atoms with Gasteiger partial charge in [0.15, 0.2) is 0 Å². The summed E-state index contributed by atoms with van der Waals surface area (Å²) in [4.78, 5) is 26.7. The first-order valence-electron chi connectivity index (χ1n) is 11.7. The first-order valence-corrected chi connectivity index (χ1v) is 12.1. The van der Waals surface area contributed by atoms with Crippen LogP contribution < -0.4 is 10.1 Å². The molecule has 0 spiro atoms. The van der Waals surface area contributed by atoms with Gasteiger partial charge < -0.3 is 15.0 Å². The molecule has 1 N–H and O–H groups in total. The normalized spacial score (nSPS) is 15.5. The van der Waals surface area contributed by atoms with Crippen LogP contribution >= 0.6 is 11.6 Å². The summed E-state index contributed by atoms with van der Waals surface area (Å²) in [6.07, 6.45) is 4.64. The van der Waals surface area contributed by atoms with Gasteiger partial charge in [-0.3, -0.25) is 9.59 Å². The van der Waals surface area contributed by atoms with Crippen molar-refractivity contribution >= 4 is 23.4 Å². The Bertz CT molecular complexity index is 1250. The molecule has 34 heavy (non-hydrogen) atoms. The van der Waals surface area contributed by atoms with Crippen LogP contribution in [0.5, 0.6) is 5.75 Å². The van der Waals surface area contributed by atoms with Gasteiger partial charge in [-0.25, -0.2) is 0 Å². The summed E-state index contributed by atoms with van der Waals surface area (Å²) < 4.78 is 6.08. The van der Waals surface area contributed by atoms with Crippen molar-refractivity contribution in [3.8, 4) is 16.9 Å². The van der Waals surface area contributed by atoms with E-state index in [2.05, 4.69) is 11.4 Å². The molecule has 0 unspecified atom stereocenters. The van der Waals surface area contributed by atoms with Gasteiger partial charge in [0, 0.05) is 25.2 Å². The van der Waals surface area contributed by atoms with Crippen molar-refractivity contribution in [3.63, 3.8) is 0 Å². The maximum absolute atomic E-state index is 12.8. The van der Waals surface area contributed by atoms with Crippen LogP contribution in [0.3, 0.4) is 0 Å². The summed E-state index contributed by atoms with van der Waals surface area (Å²) >= 11 is 6.33. The van der Waals surface area contributed by atoms with Crippen LogP contribution in [0.15, 0.2) is 60.7 Å². The highest BCUT2D eigenvalue weighted by molar-refractivity contribution is 6.34. The van der Waals surface area contributed by atoms with Crippen molar-refractivity contribution in [2.75, 3.05) is 7.05 Å². The number of nitrogens with one attached hydrogen (secondary N) is 1. The van der Waals surface area contributed by atoms with Crippen LogP contribution in [0, 0.1) is 0 Å². The molecule has 1 aliphatic heterocycles. The SMILES string of the molecule is CNC(=O)c1ccc(-c2cccc(COc3ccc4c(c3)CN(C3CCCC3)C4=O)c2)cc1Cl. The van der Waals surface area contributed by atoms with Gasteiger partial charge in [-0.1, -0.05) is 48.7 Å². The number of nitrogens with zero attached hydrogens (tertiary/aromatic N) is 1. The summed E-state index contributed by atoms with van der Waals surface area (Å²) in [6.45, 7) is 1.09. The zero-order chi connectivity index (χ0) is 23.7. The Kier molecular flexibility index (Phi) is 6.29. The number of benzene rings is 3. The highest BCUT2D eigenvalue weighted by Gasteiger charge is 2.34. The number of rotatable bonds is 6. The maximum Gasteiger partial charge on any atom is 0.254 e. The number of amides is 2. The molecule has 3 aromatic rings. The smallest absolute Gasteiger partial charge is 0.254 e. The molecule has 2 aliphatic rings. The summed E-state index contributed by atoms with van der Waals surface area (Å²) in [5, 5.41) is 3.01. The molecular weight excluding hydrogens is 448 g/mol. The molecule has 1 fully saturated rings. The van der Waals surface area contributed by atoms with Gasteiger partial charge in [0.05, 0.1) is 10.6 Å². The molecular formula is C28H27ClN2O3. The zero-order valence-electron chi connectivity index (χ0n) is 19.1. The van der Waals surface area contributed by atoms with Crippen molar-refractivity contribution in [2.24, 2.45) is 0 Å². The van der Waals surface area contributed by atoms with Crippen molar-refractivity contribution in [1.82, 2.24) is 10.2 Å². The monoisotopic (exact) mass is 474 g/mol. The number of carbonyl (C=O) groups excluding carboxylic acids is 2. The number of carbonyl (C=O) groups is 2. The van der Waals surface area contributed by atoms with Crippen LogP contribution in [0.25, 0.3) is 11.1 Å². The Morgan fingerprint density at radius 2 is 1.85 bits per heavy atom. The molecule has 0 bridgehead atoms. The number of fused-ring (bicyclic) bond motifs is 1. The van der Waals surface area contributed by atoms with Crippen LogP contribution in [-0.2, 0) is 13.2 Å². The molecule has 5 rings (SSSR count). The quantitative estimate of drug-likeness (QED) is 0.488. The molecule has 6 heteroatoms. The molecule has 0 radical (unpaired) electrons. The molecule has 1 heterocycles. The van der Waals surface area contributed by atoms with E-state index in [-0.39, 0.29) is 11.8 Å². The molecule has 3 aromatic carbocycles. The third-order valence-corrected chi connectivity index (χ3v) is 7.09. The minimum Gasteiger partial charge on any atom is -0.489 e. The standard InChI is InChI=1S/C28H27ClN2O3/c1-30-27(32)25-11-9-20(15-26(25)29)19-6-4-5-18(13-19)17-34-23-10-12-24-21(14-23)16-31(28(24)33)22-7-2-3-8-22/h4-6,9-15,22H,2-3,7-8,16-17H2,1H3,(H,30,32). The minimum atomic E-state index is -0.207. The Balaban J connectivity index is 1.28. The average Bonchev–Trinajstić information content (AvgIpc) is 3.50. The van der Waals surface area contributed by atoms with E-state index < -0.39 is 0 Å². The van der Waals surface area contributed by atoms with Gasteiger partial charge in [-0.2, -0.15) is 0 Å². The lowest BCUT2D eigenvalue weighted by atomic mass is 10.0. The fraction of sp³-hybridized carbons (Fsp3) is 0.286. The van der Waals surface area contributed by atoms with Crippen LogP contribution in [0.1, 0.15) is 57.5 Å². The van der Waals surface area contributed by atoms with Crippen LogP contribution in [0.2, 0.25) is 5.02 Å². The lowest BCUT2D eigenvalue weighted by Gasteiger charge is -2.23. The van der Waals surface area contributed by atoms with E-state index in [1.807, 2.05) is 47.4 Å². The van der Waals surface area contributed by atoms with E-state index >= 15 is 0 Å². The summed E-state index contributed by atoms with van der Waals surface area (Å²) in [7, 11) is 1.58. The summed E-state index contributed by atoms with van der Waals surface area (Å²) in [6, 6.07) is 19.7. The Hall–Kier alpha value is -3.31. The summed E-state index contributed by atoms with van der Waals surface area (Å²) in [5.74, 6) is 0.714. The lowest BCUT2D eigenvalue weighted by molar-refractivity contribution is 0.0706. The second kappa shape index (κ2) is 9.51. The molecule has 174 valence electrons. The van der Waals surface area contributed by atoms with Crippen molar-refractivity contribution in [3.05, 3.63) is 87.9 Å². The van der Waals surface area contributed by atoms with Gasteiger partial charge in [0.25, 0.3) is 11.8 Å². The van der Waals surface area contributed by atoms with E-state index in [4.69, 9.17) is 16.3 Å². The molecule has 2 amide bonds. The van der Waals surface area contributed by atoms with E-state index in [0.717, 1.165) is 46.4 Å². The topological polar surface area (TPSA) is 58.6 Å². The van der Waals surface area contributed by atoms with Crippen LogP contribution in [0.4, 0.5) is 0 Å². The van der Waals surface area contributed by atoms with E-state index in [0.29, 0.717) is 29.8 Å². The van der Waals surface area contributed by atoms with Gasteiger partial charge >= 0.3 is 0 Å². The van der Waals surface area contributed by atoms with E-state index in [1.54, 1.807) is 19.2 Å². The predicted molar refractivity (Wildman–Crippen MR) is 133 cm³/mol. The molecule has 1 saturated carbocycles. The van der Waals surface area contributed by atoms with Gasteiger partial charge in [-0.15, -0.1) is 0 Å². The van der Waals surface area contributed by atoms with Crippen molar-refractivity contribution < 1.29 is 14.3 Å². The second-order valence-electron chi connectivity index (χ2n) is 8.95. The second-order valence-corrected chi connectivity index (χ2v) is 9.36. The maximum atomic E-state index is 12.8. The van der Waals surface area contributed by atoms with Gasteiger partial charge in [0.1, 0.15) is 12.4 Å². The first kappa shape index (κ1) is 22.5. The molecule has 0 saturated heterocycles. The van der Waals surface area contributed by atoms with E-state index in [1.165, 1.54) is 12.8 Å². The lowest BCUT2D eigenvalue weighted by Crippen LogP contribution is -2.33. The average molecular weight is 475 g/mol. The third kappa shape index (κ3) is 4.40. The Labute approximate surface area is 204 Å². The Morgan fingerprint density at radius 3 is 2.62 bits per heavy atom.